The molecule has 1 fully saturated rings. The average Bonchev–Trinajstić information content (AvgIpc) is 2.61. The van der Waals surface area contributed by atoms with Gasteiger partial charge in [0.05, 0.1) is 12.3 Å². The van der Waals surface area contributed by atoms with E-state index in [9.17, 15) is 9.59 Å². The summed E-state index contributed by atoms with van der Waals surface area (Å²) in [5.74, 6) is -0.805. The van der Waals surface area contributed by atoms with Crippen molar-refractivity contribution in [2.45, 2.75) is 71.1 Å². The number of ether oxygens (including phenoxy) is 1. The molecule has 0 aromatic heterocycles. The van der Waals surface area contributed by atoms with Crippen molar-refractivity contribution in [3.63, 3.8) is 0 Å². The Hall–Kier alpha value is -0.860. The Bertz CT molecular complexity index is 248. The minimum absolute atomic E-state index is 0.150. The van der Waals surface area contributed by atoms with Crippen LogP contribution < -0.4 is 0 Å². The van der Waals surface area contributed by atoms with E-state index in [1.54, 1.807) is 0 Å². The third-order valence-electron chi connectivity index (χ3n) is 3.37. The summed E-state index contributed by atoms with van der Waals surface area (Å²) in [5, 5.41) is 0. The van der Waals surface area contributed by atoms with Crippen molar-refractivity contribution in [3.8, 4) is 0 Å². The zero-order valence-electron chi connectivity index (χ0n) is 10.9. The van der Waals surface area contributed by atoms with Crippen molar-refractivity contribution in [1.29, 1.82) is 0 Å². The topological polar surface area (TPSA) is 43.4 Å². The predicted octanol–water partition coefficient (Wildman–Crippen LogP) is 3.61. The van der Waals surface area contributed by atoms with Gasteiger partial charge in [0.25, 0.3) is 0 Å². The monoisotopic (exact) mass is 240 g/mol. The molecule has 0 radical (unpaired) electrons. The van der Waals surface area contributed by atoms with Crippen molar-refractivity contribution in [1.82, 2.24) is 0 Å². The minimum atomic E-state index is -0.348. The minimum Gasteiger partial charge on any atom is -0.393 e. The second-order valence-electron chi connectivity index (χ2n) is 4.96. The lowest BCUT2D eigenvalue weighted by Gasteiger charge is -2.04. The number of unbranched alkanes of at least 4 members (excludes halogenated alkanes) is 7. The Labute approximate surface area is 104 Å². The van der Waals surface area contributed by atoms with Crippen LogP contribution in [0.4, 0.5) is 0 Å². The first-order valence-electron chi connectivity index (χ1n) is 6.98. The maximum atomic E-state index is 11.2. The fraction of sp³-hybridized carbons (Fsp3) is 0.857. The number of carbonyl (C=O) groups excluding carboxylic acids is 2. The van der Waals surface area contributed by atoms with Gasteiger partial charge in [0.15, 0.2) is 0 Å². The number of hydrogen-bond acceptors (Lipinski definition) is 3. The molecular formula is C14H24O3. The SMILES string of the molecule is CCCCCCCCCC[C@H]1CC(=O)OC1=O. The second-order valence-corrected chi connectivity index (χ2v) is 4.96. The molecule has 0 amide bonds. The maximum Gasteiger partial charge on any atom is 0.317 e. The largest absolute Gasteiger partial charge is 0.393 e. The molecule has 0 unspecified atom stereocenters. The smallest absolute Gasteiger partial charge is 0.317 e. The number of hydrogen-bond donors (Lipinski definition) is 0. The predicted molar refractivity (Wildman–Crippen MR) is 66.4 cm³/mol. The van der Waals surface area contributed by atoms with E-state index in [4.69, 9.17) is 0 Å². The van der Waals surface area contributed by atoms with Crippen LogP contribution in [0.3, 0.4) is 0 Å². The molecule has 1 rings (SSSR count). The van der Waals surface area contributed by atoms with E-state index in [2.05, 4.69) is 11.7 Å². The third kappa shape index (κ3) is 5.85. The quantitative estimate of drug-likeness (QED) is 0.351. The molecule has 1 saturated heterocycles. The van der Waals surface area contributed by atoms with Crippen molar-refractivity contribution < 1.29 is 14.3 Å². The molecule has 0 spiro atoms. The molecule has 3 nitrogen and oxygen atoms in total. The Kier molecular flexibility index (Phi) is 6.90. The van der Waals surface area contributed by atoms with Gasteiger partial charge in [-0.2, -0.15) is 0 Å². The molecule has 0 aromatic rings. The lowest BCUT2D eigenvalue weighted by molar-refractivity contribution is -0.153. The summed E-state index contributed by atoms with van der Waals surface area (Å²) in [6, 6.07) is 0. The molecule has 1 aliphatic rings. The molecule has 17 heavy (non-hydrogen) atoms. The molecule has 3 heteroatoms. The highest BCUT2D eigenvalue weighted by atomic mass is 16.6. The van der Waals surface area contributed by atoms with E-state index in [1.165, 1.54) is 44.9 Å². The van der Waals surface area contributed by atoms with Crippen molar-refractivity contribution >= 4 is 11.9 Å². The van der Waals surface area contributed by atoms with Crippen LogP contribution in [0.25, 0.3) is 0 Å². The number of esters is 2. The fourth-order valence-corrected chi connectivity index (χ4v) is 2.27. The van der Waals surface area contributed by atoms with Crippen LogP contribution in [0.5, 0.6) is 0 Å². The molecule has 1 atom stereocenters. The Morgan fingerprint density at radius 1 is 1.00 bits per heavy atom. The van der Waals surface area contributed by atoms with Crippen molar-refractivity contribution in [3.05, 3.63) is 0 Å². The molecule has 1 aliphatic heterocycles. The fourth-order valence-electron chi connectivity index (χ4n) is 2.27. The van der Waals surface area contributed by atoms with Gasteiger partial charge in [-0.05, 0) is 6.42 Å². The highest BCUT2D eigenvalue weighted by molar-refractivity contribution is 5.94. The molecule has 98 valence electrons. The van der Waals surface area contributed by atoms with Crippen LogP contribution in [0, 0.1) is 5.92 Å². The lowest BCUT2D eigenvalue weighted by Crippen LogP contribution is -2.06. The van der Waals surface area contributed by atoms with E-state index in [0.717, 1.165) is 12.8 Å². The normalized spacial score (nSPS) is 19.7. The summed E-state index contributed by atoms with van der Waals surface area (Å²) >= 11 is 0. The summed E-state index contributed by atoms with van der Waals surface area (Å²) in [6.07, 6.45) is 11.2. The molecule has 0 bridgehead atoms. The van der Waals surface area contributed by atoms with Gasteiger partial charge < -0.3 is 4.74 Å². The zero-order valence-corrected chi connectivity index (χ0v) is 10.9. The van der Waals surface area contributed by atoms with Crippen LogP contribution in [0.2, 0.25) is 0 Å². The van der Waals surface area contributed by atoms with Crippen molar-refractivity contribution in [2.24, 2.45) is 5.92 Å². The van der Waals surface area contributed by atoms with E-state index in [0.29, 0.717) is 6.42 Å². The van der Waals surface area contributed by atoms with E-state index in [-0.39, 0.29) is 17.9 Å². The molecule has 0 aromatic carbocycles. The Balaban J connectivity index is 1.91. The van der Waals surface area contributed by atoms with Crippen molar-refractivity contribution in [2.75, 3.05) is 0 Å². The van der Waals surface area contributed by atoms with Gasteiger partial charge in [-0.15, -0.1) is 0 Å². The highest BCUT2D eigenvalue weighted by Gasteiger charge is 2.32. The third-order valence-corrected chi connectivity index (χ3v) is 3.37. The van der Waals surface area contributed by atoms with Gasteiger partial charge in [0.1, 0.15) is 0 Å². The second kappa shape index (κ2) is 8.26. The van der Waals surface area contributed by atoms with Gasteiger partial charge >= 0.3 is 11.9 Å². The Morgan fingerprint density at radius 3 is 2.12 bits per heavy atom. The molecule has 0 N–H and O–H groups in total. The average molecular weight is 240 g/mol. The first kappa shape index (κ1) is 14.2. The number of rotatable bonds is 9. The van der Waals surface area contributed by atoms with Gasteiger partial charge in [-0.3, -0.25) is 9.59 Å². The first-order chi connectivity index (χ1) is 8.24. The zero-order chi connectivity index (χ0) is 12.5. The van der Waals surface area contributed by atoms with Gasteiger partial charge in [-0.25, -0.2) is 0 Å². The summed E-state index contributed by atoms with van der Waals surface area (Å²) in [5.41, 5.74) is 0. The Morgan fingerprint density at radius 2 is 1.59 bits per heavy atom. The van der Waals surface area contributed by atoms with Crippen LogP contribution in [0.1, 0.15) is 71.1 Å². The van der Waals surface area contributed by atoms with Crippen LogP contribution >= 0.6 is 0 Å². The van der Waals surface area contributed by atoms with E-state index >= 15 is 0 Å². The standard InChI is InChI=1S/C14H24O3/c1-2-3-4-5-6-7-8-9-10-12-11-13(15)17-14(12)16/h12H,2-11H2,1H3/t12-/m0/s1. The summed E-state index contributed by atoms with van der Waals surface area (Å²) in [7, 11) is 0. The van der Waals surface area contributed by atoms with Gasteiger partial charge in [0, 0.05) is 0 Å². The van der Waals surface area contributed by atoms with E-state index < -0.39 is 0 Å². The van der Waals surface area contributed by atoms with E-state index in [1.807, 2.05) is 0 Å². The highest BCUT2D eigenvalue weighted by Crippen LogP contribution is 2.22. The molecule has 1 heterocycles. The molecular weight excluding hydrogens is 216 g/mol. The van der Waals surface area contributed by atoms with Crippen LogP contribution in [-0.4, -0.2) is 11.9 Å². The van der Waals surface area contributed by atoms with Gasteiger partial charge in [-0.1, -0.05) is 58.3 Å². The van der Waals surface area contributed by atoms with Crippen LogP contribution in [0.15, 0.2) is 0 Å². The summed E-state index contributed by atoms with van der Waals surface area (Å²) in [6.45, 7) is 2.22. The molecule has 0 saturated carbocycles. The van der Waals surface area contributed by atoms with Crippen LogP contribution in [-0.2, 0) is 14.3 Å². The first-order valence-corrected chi connectivity index (χ1v) is 6.98. The number of carbonyl (C=O) groups is 2. The molecule has 0 aliphatic carbocycles. The number of cyclic esters (lactones) is 2. The maximum absolute atomic E-state index is 11.2. The van der Waals surface area contributed by atoms with Gasteiger partial charge in [0.2, 0.25) is 0 Å². The lowest BCUT2D eigenvalue weighted by atomic mass is 9.99. The summed E-state index contributed by atoms with van der Waals surface area (Å²) in [4.78, 5) is 22.0. The summed E-state index contributed by atoms with van der Waals surface area (Å²) < 4.78 is 4.52.